The lowest BCUT2D eigenvalue weighted by Gasteiger charge is -2.32. The summed E-state index contributed by atoms with van der Waals surface area (Å²) in [5.74, 6) is -1.10. The second kappa shape index (κ2) is 6.57. The third kappa shape index (κ3) is 3.68. The summed E-state index contributed by atoms with van der Waals surface area (Å²) in [4.78, 5) is 10.9. The maximum absolute atomic E-state index is 10.9. The maximum Gasteiger partial charge on any atom is 0.304 e. The second-order valence-corrected chi connectivity index (χ2v) is 4.23. The minimum Gasteiger partial charge on any atom is -0.481 e. The highest BCUT2D eigenvalue weighted by atomic mass is 16.5. The van der Waals surface area contributed by atoms with Crippen LogP contribution in [0.15, 0.2) is 23.8 Å². The van der Waals surface area contributed by atoms with Crippen LogP contribution in [0.2, 0.25) is 0 Å². The Bertz CT molecular complexity index is 319. The molecule has 0 aromatic heterocycles. The molecule has 0 aromatic carbocycles. The Hall–Kier alpha value is -1.13. The molecular weight excluding hydrogens is 220 g/mol. The van der Waals surface area contributed by atoms with Crippen LogP contribution in [0.25, 0.3) is 0 Å². The van der Waals surface area contributed by atoms with Gasteiger partial charge in [-0.25, -0.2) is 0 Å². The van der Waals surface area contributed by atoms with E-state index in [0.717, 1.165) is 18.4 Å². The monoisotopic (exact) mass is 240 g/mol. The van der Waals surface area contributed by atoms with Crippen molar-refractivity contribution < 1.29 is 19.7 Å². The fourth-order valence-corrected chi connectivity index (χ4v) is 2.33. The highest BCUT2D eigenvalue weighted by molar-refractivity contribution is 5.68. The lowest BCUT2D eigenvalue weighted by molar-refractivity contribution is -0.139. The van der Waals surface area contributed by atoms with Gasteiger partial charge in [0.15, 0.2) is 0 Å². The van der Waals surface area contributed by atoms with Crippen molar-refractivity contribution in [3.8, 4) is 0 Å². The number of ether oxygens (including phenoxy) is 1. The Labute approximate surface area is 102 Å². The van der Waals surface area contributed by atoms with Crippen LogP contribution in [0.1, 0.15) is 26.2 Å². The van der Waals surface area contributed by atoms with Crippen LogP contribution in [-0.4, -0.2) is 35.5 Å². The van der Waals surface area contributed by atoms with Gasteiger partial charge in [0.1, 0.15) is 0 Å². The molecule has 0 aliphatic heterocycles. The van der Waals surface area contributed by atoms with Crippen LogP contribution in [-0.2, 0) is 9.53 Å². The van der Waals surface area contributed by atoms with Crippen LogP contribution in [0.4, 0.5) is 0 Å². The molecule has 0 radical (unpaired) electrons. The Morgan fingerprint density at radius 3 is 2.94 bits per heavy atom. The number of hydrogen-bond donors (Lipinski definition) is 2. The maximum atomic E-state index is 10.9. The SMILES string of the molecule is C/C=C/[C@H](O)C1=CCC[C@H](OC)[C@@H]1CC(=O)O. The van der Waals surface area contributed by atoms with Gasteiger partial charge in [0, 0.05) is 13.0 Å². The van der Waals surface area contributed by atoms with Gasteiger partial charge in [-0.15, -0.1) is 0 Å². The van der Waals surface area contributed by atoms with E-state index in [0.29, 0.717) is 0 Å². The molecule has 0 fully saturated rings. The van der Waals surface area contributed by atoms with Crippen LogP contribution in [0.3, 0.4) is 0 Å². The van der Waals surface area contributed by atoms with Gasteiger partial charge in [0.25, 0.3) is 0 Å². The van der Waals surface area contributed by atoms with Crippen LogP contribution < -0.4 is 0 Å². The number of allylic oxidation sites excluding steroid dienone is 2. The summed E-state index contributed by atoms with van der Waals surface area (Å²) < 4.78 is 5.32. The van der Waals surface area contributed by atoms with Gasteiger partial charge in [0.2, 0.25) is 0 Å². The minimum absolute atomic E-state index is 0.00104. The first-order chi connectivity index (χ1) is 8.10. The third-order valence-corrected chi connectivity index (χ3v) is 3.12. The Morgan fingerprint density at radius 2 is 2.41 bits per heavy atom. The molecule has 4 heteroatoms. The predicted molar refractivity (Wildman–Crippen MR) is 64.7 cm³/mol. The summed E-state index contributed by atoms with van der Waals surface area (Å²) in [6.45, 7) is 1.83. The number of carboxylic acids is 1. The van der Waals surface area contributed by atoms with Gasteiger partial charge in [-0.05, 0) is 25.3 Å². The molecule has 0 bridgehead atoms. The Morgan fingerprint density at radius 1 is 1.71 bits per heavy atom. The molecule has 0 saturated carbocycles. The molecular formula is C13H20O4. The standard InChI is InChI=1S/C13H20O4/c1-3-5-11(14)9-6-4-7-12(17-2)10(9)8-13(15)16/h3,5-6,10-12,14H,4,7-8H2,1-2H3,(H,15,16)/b5-3+/t10-,11+,12+/m1/s1. The molecule has 1 aliphatic rings. The normalized spacial score (nSPS) is 26.9. The summed E-state index contributed by atoms with van der Waals surface area (Å²) >= 11 is 0. The minimum atomic E-state index is -0.863. The number of hydrogen-bond acceptors (Lipinski definition) is 3. The van der Waals surface area contributed by atoms with E-state index < -0.39 is 12.1 Å². The largest absolute Gasteiger partial charge is 0.481 e. The highest BCUT2D eigenvalue weighted by Gasteiger charge is 2.32. The summed E-state index contributed by atoms with van der Waals surface area (Å²) in [6, 6.07) is 0. The number of rotatable bonds is 5. The van der Waals surface area contributed by atoms with E-state index in [-0.39, 0.29) is 18.4 Å². The topological polar surface area (TPSA) is 66.8 Å². The lowest BCUT2D eigenvalue weighted by atomic mass is 9.80. The number of methoxy groups -OCH3 is 1. The molecule has 17 heavy (non-hydrogen) atoms. The van der Waals surface area contributed by atoms with E-state index in [2.05, 4.69) is 0 Å². The first-order valence-electron chi connectivity index (χ1n) is 5.85. The van der Waals surface area contributed by atoms with Gasteiger partial charge < -0.3 is 14.9 Å². The molecule has 0 aromatic rings. The molecule has 4 nitrogen and oxygen atoms in total. The lowest BCUT2D eigenvalue weighted by Crippen LogP contribution is -2.33. The first-order valence-corrected chi connectivity index (χ1v) is 5.85. The zero-order valence-electron chi connectivity index (χ0n) is 10.3. The van der Waals surface area contributed by atoms with Crippen LogP contribution in [0.5, 0.6) is 0 Å². The fourth-order valence-electron chi connectivity index (χ4n) is 2.33. The summed E-state index contributed by atoms with van der Waals surface area (Å²) in [5.41, 5.74) is 0.767. The zero-order valence-corrected chi connectivity index (χ0v) is 10.3. The van der Waals surface area contributed by atoms with E-state index in [1.807, 2.05) is 13.0 Å². The first kappa shape index (κ1) is 13.9. The van der Waals surface area contributed by atoms with Crippen molar-refractivity contribution >= 4 is 5.97 Å². The number of carboxylic acid groups (broad SMARTS) is 1. The number of carbonyl (C=O) groups is 1. The summed E-state index contributed by atoms with van der Waals surface area (Å²) in [7, 11) is 1.59. The van der Waals surface area contributed by atoms with Gasteiger partial charge >= 0.3 is 5.97 Å². The van der Waals surface area contributed by atoms with Gasteiger partial charge in [-0.1, -0.05) is 18.2 Å². The van der Waals surface area contributed by atoms with E-state index >= 15 is 0 Å². The fraction of sp³-hybridized carbons (Fsp3) is 0.615. The van der Waals surface area contributed by atoms with Crippen molar-refractivity contribution in [1.29, 1.82) is 0 Å². The molecule has 2 N–H and O–H groups in total. The van der Waals surface area contributed by atoms with Gasteiger partial charge in [-0.3, -0.25) is 4.79 Å². The summed E-state index contributed by atoms with van der Waals surface area (Å²) in [5, 5.41) is 18.9. The average molecular weight is 240 g/mol. The van der Waals surface area contributed by atoms with Crippen LogP contribution in [0, 0.1) is 5.92 Å². The Kier molecular flexibility index (Phi) is 5.38. The summed E-state index contributed by atoms with van der Waals surface area (Å²) in [6.07, 6.45) is 6.16. The second-order valence-electron chi connectivity index (χ2n) is 4.23. The van der Waals surface area contributed by atoms with Crippen LogP contribution >= 0.6 is 0 Å². The Balaban J connectivity index is 2.89. The zero-order chi connectivity index (χ0) is 12.8. The van der Waals surface area contributed by atoms with Crippen molar-refractivity contribution in [2.75, 3.05) is 7.11 Å². The molecule has 1 aliphatic carbocycles. The van der Waals surface area contributed by atoms with Crippen molar-refractivity contribution in [1.82, 2.24) is 0 Å². The smallest absolute Gasteiger partial charge is 0.304 e. The van der Waals surface area contributed by atoms with E-state index in [1.165, 1.54) is 0 Å². The number of aliphatic hydroxyl groups is 1. The highest BCUT2D eigenvalue weighted by Crippen LogP contribution is 2.32. The molecule has 0 unspecified atom stereocenters. The number of aliphatic hydroxyl groups excluding tert-OH is 1. The molecule has 0 saturated heterocycles. The van der Waals surface area contributed by atoms with E-state index in [4.69, 9.17) is 9.84 Å². The van der Waals surface area contributed by atoms with Gasteiger partial charge in [0.05, 0.1) is 18.6 Å². The molecule has 0 spiro atoms. The molecule has 0 heterocycles. The molecule has 1 rings (SSSR count). The number of aliphatic carboxylic acids is 1. The van der Waals surface area contributed by atoms with E-state index in [1.54, 1.807) is 19.3 Å². The molecule has 3 atom stereocenters. The van der Waals surface area contributed by atoms with Crippen molar-refractivity contribution in [3.05, 3.63) is 23.8 Å². The predicted octanol–water partition coefficient (Wildman–Crippen LogP) is 1.75. The van der Waals surface area contributed by atoms with Gasteiger partial charge in [-0.2, -0.15) is 0 Å². The van der Waals surface area contributed by atoms with E-state index in [9.17, 15) is 9.90 Å². The van der Waals surface area contributed by atoms with Crippen molar-refractivity contribution in [3.63, 3.8) is 0 Å². The third-order valence-electron chi connectivity index (χ3n) is 3.12. The van der Waals surface area contributed by atoms with Crippen molar-refractivity contribution in [2.24, 2.45) is 5.92 Å². The van der Waals surface area contributed by atoms with Crippen molar-refractivity contribution in [2.45, 2.75) is 38.4 Å². The quantitative estimate of drug-likeness (QED) is 0.718. The average Bonchev–Trinajstić information content (AvgIpc) is 2.28. The molecule has 96 valence electrons. The molecule has 0 amide bonds.